The van der Waals surface area contributed by atoms with E-state index in [-0.39, 0.29) is 32.2 Å². The highest BCUT2D eigenvalue weighted by molar-refractivity contribution is 5.70. The van der Waals surface area contributed by atoms with E-state index < -0.39 is 24.3 Å². The van der Waals surface area contributed by atoms with Crippen LogP contribution in [0, 0.1) is 0 Å². The first-order valence-corrected chi connectivity index (χ1v) is 33.5. The molecule has 0 aromatic carbocycles. The Morgan fingerprint density at radius 1 is 0.378 bits per heavy atom. The van der Waals surface area contributed by atoms with Crippen LogP contribution in [-0.2, 0) is 33.3 Å². The van der Waals surface area contributed by atoms with Crippen molar-refractivity contribution in [1.82, 2.24) is 0 Å². The zero-order chi connectivity index (χ0) is 59.8. The molecule has 0 rings (SSSR count). The number of aliphatic carboxylic acids is 1. The maximum atomic E-state index is 12.9. The van der Waals surface area contributed by atoms with Gasteiger partial charge in [0.05, 0.1) is 40.3 Å². The van der Waals surface area contributed by atoms with Crippen LogP contribution in [-0.4, -0.2) is 82.3 Å². The summed E-state index contributed by atoms with van der Waals surface area (Å²) in [4.78, 5) is 37.4. The third-order valence-corrected chi connectivity index (χ3v) is 14.3. The molecule has 0 bridgehead atoms. The van der Waals surface area contributed by atoms with Crippen LogP contribution in [0.15, 0.2) is 109 Å². The van der Waals surface area contributed by atoms with E-state index in [1.165, 1.54) is 148 Å². The van der Waals surface area contributed by atoms with E-state index in [0.717, 1.165) is 96.3 Å². The van der Waals surface area contributed by atoms with Gasteiger partial charge >= 0.3 is 11.9 Å². The number of hydrogen-bond donors (Lipinski definition) is 0. The van der Waals surface area contributed by atoms with Crippen LogP contribution < -0.4 is 5.11 Å². The first-order chi connectivity index (χ1) is 40.1. The number of carboxylic acid groups (broad SMARTS) is 1. The highest BCUT2D eigenvalue weighted by atomic mass is 16.7. The molecular formula is C73H125NO8. The molecule has 82 heavy (non-hydrogen) atoms. The second-order valence-corrected chi connectivity index (χ2v) is 23.4. The maximum absolute atomic E-state index is 12.9. The number of nitrogens with zero attached hydrogens (tertiary/aromatic N) is 1. The number of unbranched alkanes of at least 4 members (excludes halogenated alkanes) is 28. The maximum Gasteiger partial charge on any atom is 0.306 e. The molecule has 470 valence electrons. The summed E-state index contributed by atoms with van der Waals surface area (Å²) in [6, 6.07) is 0. The van der Waals surface area contributed by atoms with Crippen molar-refractivity contribution in [1.29, 1.82) is 0 Å². The lowest BCUT2D eigenvalue weighted by molar-refractivity contribution is -0.870. The van der Waals surface area contributed by atoms with Crippen molar-refractivity contribution in [2.45, 2.75) is 289 Å². The summed E-state index contributed by atoms with van der Waals surface area (Å²) in [6.07, 6.45) is 84.5. The van der Waals surface area contributed by atoms with Crippen molar-refractivity contribution < 1.29 is 42.9 Å². The Bertz CT molecular complexity index is 1710. The van der Waals surface area contributed by atoms with Crippen molar-refractivity contribution in [2.24, 2.45) is 0 Å². The molecule has 2 atom stereocenters. The molecular weight excluding hydrogens is 1020 g/mol. The second kappa shape index (κ2) is 63.0. The Hall–Kier alpha value is -4.05. The quantitative estimate of drug-likeness (QED) is 0.0195. The monoisotopic (exact) mass is 1140 g/mol. The topological polar surface area (TPSA) is 111 Å². The molecule has 2 unspecified atom stereocenters. The molecule has 0 aliphatic carbocycles. The number of carbonyl (C=O) groups excluding carboxylic acids is 3. The Morgan fingerprint density at radius 2 is 0.695 bits per heavy atom. The molecule has 0 amide bonds. The molecule has 0 saturated heterocycles. The third kappa shape index (κ3) is 63.5. The molecule has 0 aromatic heterocycles. The van der Waals surface area contributed by atoms with Crippen LogP contribution in [0.1, 0.15) is 277 Å². The van der Waals surface area contributed by atoms with Crippen LogP contribution in [0.2, 0.25) is 0 Å². The highest BCUT2D eigenvalue weighted by Gasteiger charge is 2.22. The predicted molar refractivity (Wildman–Crippen MR) is 347 cm³/mol. The minimum absolute atomic E-state index is 0.146. The van der Waals surface area contributed by atoms with Gasteiger partial charge in [0.2, 0.25) is 0 Å². The molecule has 0 heterocycles. The Morgan fingerprint density at radius 3 is 1.04 bits per heavy atom. The van der Waals surface area contributed by atoms with Gasteiger partial charge in [-0.25, -0.2) is 0 Å². The highest BCUT2D eigenvalue weighted by Crippen LogP contribution is 2.17. The van der Waals surface area contributed by atoms with Crippen molar-refractivity contribution in [3.63, 3.8) is 0 Å². The number of hydrogen-bond acceptors (Lipinski definition) is 8. The van der Waals surface area contributed by atoms with Gasteiger partial charge in [-0.3, -0.25) is 9.59 Å². The molecule has 0 fully saturated rings. The zero-order valence-corrected chi connectivity index (χ0v) is 53.6. The summed E-state index contributed by atoms with van der Waals surface area (Å²) < 4.78 is 22.7. The van der Waals surface area contributed by atoms with Gasteiger partial charge in [-0.05, 0) is 83.5 Å². The minimum Gasteiger partial charge on any atom is -0.545 e. The summed E-state index contributed by atoms with van der Waals surface area (Å²) in [7, 11) is 5.93. The summed E-state index contributed by atoms with van der Waals surface area (Å²) in [5, 5.41) is 11.8. The Kier molecular flexibility index (Phi) is 59.9. The Balaban J connectivity index is 4.08. The van der Waals surface area contributed by atoms with Crippen molar-refractivity contribution >= 4 is 17.9 Å². The lowest BCUT2D eigenvalue weighted by atomic mass is 10.0. The van der Waals surface area contributed by atoms with E-state index >= 15 is 0 Å². The first kappa shape index (κ1) is 78.0. The van der Waals surface area contributed by atoms with Gasteiger partial charge in [0, 0.05) is 12.8 Å². The minimum atomic E-state index is -1.62. The number of esters is 2. The number of likely N-dealkylation sites (N-methyl/N-ethyl adjacent to an activating group) is 1. The number of ether oxygens (including phenoxy) is 4. The molecule has 0 aliphatic heterocycles. The fourth-order valence-corrected chi connectivity index (χ4v) is 9.18. The van der Waals surface area contributed by atoms with Gasteiger partial charge in [0.1, 0.15) is 13.2 Å². The van der Waals surface area contributed by atoms with E-state index in [2.05, 4.69) is 123 Å². The fourth-order valence-electron chi connectivity index (χ4n) is 9.18. The molecule has 0 aromatic rings. The SMILES string of the molecule is CC/C=C\C/C=C\C/C=C\C/C=C\C/C=C\C/C=C\C/C=C\C/C=C\C/C=C\CCCCCCCCCCCCCCCC(=O)OC(COC(=O)CCCCCCCCCCCCCCCCCC)COC(OCC[N+](C)(C)C)C(=O)[O-]. The first-order valence-electron chi connectivity index (χ1n) is 33.5. The van der Waals surface area contributed by atoms with Gasteiger partial charge in [-0.1, -0.05) is 290 Å². The lowest BCUT2D eigenvalue weighted by Crippen LogP contribution is -2.44. The summed E-state index contributed by atoms with van der Waals surface area (Å²) in [6.45, 7) is 4.65. The second-order valence-electron chi connectivity index (χ2n) is 23.4. The van der Waals surface area contributed by atoms with Crippen LogP contribution in [0.5, 0.6) is 0 Å². The summed E-state index contributed by atoms with van der Waals surface area (Å²) >= 11 is 0. The van der Waals surface area contributed by atoms with Crippen molar-refractivity contribution in [2.75, 3.05) is 47.5 Å². The number of carbonyl (C=O) groups is 3. The third-order valence-electron chi connectivity index (χ3n) is 14.3. The summed E-state index contributed by atoms with van der Waals surface area (Å²) in [5.41, 5.74) is 0. The average molecular weight is 1140 g/mol. The van der Waals surface area contributed by atoms with Crippen molar-refractivity contribution in [3.05, 3.63) is 109 Å². The number of allylic oxidation sites excluding steroid dienone is 18. The summed E-state index contributed by atoms with van der Waals surface area (Å²) in [5.74, 6) is -2.28. The van der Waals surface area contributed by atoms with E-state index in [0.29, 0.717) is 23.9 Å². The number of quaternary nitrogens is 1. The van der Waals surface area contributed by atoms with E-state index in [9.17, 15) is 19.5 Å². The fraction of sp³-hybridized carbons (Fsp3) is 0.712. The molecule has 0 spiro atoms. The normalized spacial score (nSPS) is 13.4. The van der Waals surface area contributed by atoms with E-state index in [1.54, 1.807) is 0 Å². The predicted octanol–water partition coefficient (Wildman–Crippen LogP) is 19.3. The van der Waals surface area contributed by atoms with Crippen LogP contribution >= 0.6 is 0 Å². The molecule has 9 nitrogen and oxygen atoms in total. The van der Waals surface area contributed by atoms with Crippen LogP contribution in [0.25, 0.3) is 0 Å². The zero-order valence-electron chi connectivity index (χ0n) is 53.6. The van der Waals surface area contributed by atoms with Crippen molar-refractivity contribution in [3.8, 4) is 0 Å². The average Bonchev–Trinajstić information content (AvgIpc) is 3.45. The molecule has 9 heteroatoms. The van der Waals surface area contributed by atoms with Gasteiger partial charge < -0.3 is 33.3 Å². The number of rotatable bonds is 61. The standard InChI is InChI=1S/C73H125NO8/c1-6-8-10-12-14-16-18-20-22-24-25-26-27-28-29-30-31-32-33-34-35-36-37-38-39-40-41-42-43-44-45-46-47-48-50-52-54-56-58-60-62-64-71(76)82-69(68-81-73(72(77)78)79-66-65-74(3,4)5)67-80-70(75)63-61-59-57-55-53-51-49-23-21-19-17-15-13-11-9-7-2/h8,10,14,16,20,22,25-26,28-29,31-32,34-35,37-38,40-41,69,73H,6-7,9,11-13,15,17-19,21,23-24,27,30,33,36,39,42-68H2,1-5H3/b10-8-,16-14-,22-20-,26-25-,29-28-,32-31-,35-34-,38-37-,41-40-. The van der Waals surface area contributed by atoms with Gasteiger partial charge in [0.25, 0.3) is 0 Å². The lowest BCUT2D eigenvalue weighted by Gasteiger charge is -2.26. The molecule has 0 saturated carbocycles. The largest absolute Gasteiger partial charge is 0.545 e. The smallest absolute Gasteiger partial charge is 0.306 e. The van der Waals surface area contributed by atoms with Gasteiger partial charge in [-0.15, -0.1) is 0 Å². The molecule has 0 aliphatic rings. The molecule has 0 radical (unpaired) electrons. The number of carboxylic acids is 1. The molecule has 0 N–H and O–H groups in total. The van der Waals surface area contributed by atoms with Crippen LogP contribution in [0.4, 0.5) is 0 Å². The van der Waals surface area contributed by atoms with E-state index in [4.69, 9.17) is 18.9 Å². The Labute approximate surface area is 505 Å². The van der Waals surface area contributed by atoms with Crippen LogP contribution in [0.3, 0.4) is 0 Å². The van der Waals surface area contributed by atoms with Gasteiger partial charge in [0.15, 0.2) is 12.4 Å². The van der Waals surface area contributed by atoms with Gasteiger partial charge in [-0.2, -0.15) is 0 Å². The van der Waals surface area contributed by atoms with E-state index in [1.807, 2.05) is 21.1 Å².